The van der Waals surface area contributed by atoms with E-state index >= 15 is 0 Å². The summed E-state index contributed by atoms with van der Waals surface area (Å²) < 4.78 is 11.4. The number of hydrazine groups is 1. The van der Waals surface area contributed by atoms with Crippen LogP contribution in [0.5, 0.6) is 0 Å². The van der Waals surface area contributed by atoms with E-state index in [1.54, 1.807) is 24.5 Å². The Balaban J connectivity index is 1.85. The molecule has 0 spiro atoms. The Labute approximate surface area is 183 Å². The lowest BCUT2D eigenvalue weighted by Crippen LogP contribution is -2.48. The van der Waals surface area contributed by atoms with Crippen LogP contribution < -0.4 is 16.9 Å². The average Bonchev–Trinajstić information content (AvgIpc) is 3.42. The number of hydrogen-bond donors (Lipinski definition) is 3. The van der Waals surface area contributed by atoms with Gasteiger partial charge in [-0.3, -0.25) is 15.2 Å². The summed E-state index contributed by atoms with van der Waals surface area (Å²) in [7, 11) is 0. The first-order valence-corrected chi connectivity index (χ1v) is 9.71. The number of amides is 1. The lowest BCUT2D eigenvalue weighted by molar-refractivity contribution is 0.0853. The number of nitrogen functional groups attached to an aromatic ring is 1. The molecule has 4 rings (SSSR count). The van der Waals surface area contributed by atoms with Crippen LogP contribution in [0.25, 0.3) is 33.7 Å². The molecule has 1 aromatic carbocycles. The van der Waals surface area contributed by atoms with Crippen molar-refractivity contribution in [1.82, 2.24) is 15.4 Å². The molecule has 3 aromatic heterocycles. The maximum absolute atomic E-state index is 12.9. The number of rotatable bonds is 5. The van der Waals surface area contributed by atoms with Crippen LogP contribution in [0.15, 0.2) is 76.3 Å². The number of aromatic nitrogens is 1. The molecular weight excluding hydrogens is 414 g/mol. The number of anilines is 1. The van der Waals surface area contributed by atoms with Gasteiger partial charge in [0.15, 0.2) is 5.11 Å². The van der Waals surface area contributed by atoms with Gasteiger partial charge in [0, 0.05) is 11.1 Å². The van der Waals surface area contributed by atoms with Crippen LogP contribution >= 0.6 is 12.2 Å². The number of hydrogen-bond acceptors (Lipinski definition) is 6. The Morgan fingerprint density at radius 2 is 2.03 bits per heavy atom. The lowest BCUT2D eigenvalue weighted by atomic mass is 10.0. The van der Waals surface area contributed by atoms with Gasteiger partial charge in [-0.05, 0) is 30.4 Å². The standard InChI is InChI=1S/C22H19N5O3S/c1-2-10-27(22(24)31)26-20(28)19-18(23)17-14(16-9-6-11-29-16)12-15(25-21(17)30-19)13-7-4-3-5-8-13/h2-9,11-12H,1,10,23H2,(H2,24,31)(H,26,28). The summed E-state index contributed by atoms with van der Waals surface area (Å²) in [5, 5.41) is 1.71. The number of fused-ring (bicyclic) bond motifs is 1. The van der Waals surface area contributed by atoms with Gasteiger partial charge in [-0.1, -0.05) is 36.4 Å². The van der Waals surface area contributed by atoms with Crippen LogP contribution in [0.1, 0.15) is 10.6 Å². The van der Waals surface area contributed by atoms with Gasteiger partial charge in [0.05, 0.1) is 29.6 Å². The molecular formula is C22H19N5O3S. The van der Waals surface area contributed by atoms with Gasteiger partial charge >= 0.3 is 5.91 Å². The summed E-state index contributed by atoms with van der Waals surface area (Å²) in [6.45, 7) is 3.83. The predicted molar refractivity (Wildman–Crippen MR) is 123 cm³/mol. The van der Waals surface area contributed by atoms with Crippen LogP contribution in [0.4, 0.5) is 5.69 Å². The average molecular weight is 433 g/mol. The fourth-order valence-corrected chi connectivity index (χ4v) is 3.29. The van der Waals surface area contributed by atoms with Crippen molar-refractivity contribution >= 4 is 40.0 Å². The largest absolute Gasteiger partial charge is 0.464 e. The van der Waals surface area contributed by atoms with E-state index in [2.05, 4.69) is 17.0 Å². The maximum atomic E-state index is 12.9. The molecule has 0 aliphatic heterocycles. The number of pyridine rings is 1. The van der Waals surface area contributed by atoms with Gasteiger partial charge in [-0.2, -0.15) is 0 Å². The maximum Gasteiger partial charge on any atom is 0.307 e. The number of benzene rings is 1. The van der Waals surface area contributed by atoms with E-state index in [4.69, 9.17) is 32.5 Å². The fourth-order valence-electron chi connectivity index (χ4n) is 3.17. The lowest BCUT2D eigenvalue weighted by Gasteiger charge is -2.20. The van der Waals surface area contributed by atoms with Crippen molar-refractivity contribution in [2.24, 2.45) is 5.73 Å². The van der Waals surface area contributed by atoms with Crippen LogP contribution in [0, 0.1) is 0 Å². The van der Waals surface area contributed by atoms with E-state index in [0.29, 0.717) is 22.4 Å². The first-order chi connectivity index (χ1) is 15.0. The molecule has 8 nitrogen and oxygen atoms in total. The zero-order chi connectivity index (χ0) is 22.0. The second-order valence-electron chi connectivity index (χ2n) is 6.60. The molecule has 5 N–H and O–H groups in total. The highest BCUT2D eigenvalue weighted by molar-refractivity contribution is 7.80. The first kappa shape index (κ1) is 20.2. The number of carbonyl (C=O) groups excluding carboxylic acids is 1. The molecule has 0 saturated heterocycles. The molecule has 4 aromatic rings. The van der Waals surface area contributed by atoms with Crippen LogP contribution in [-0.2, 0) is 0 Å². The van der Waals surface area contributed by atoms with Crippen molar-refractivity contribution in [3.8, 4) is 22.6 Å². The number of carbonyl (C=O) groups is 1. The second kappa shape index (κ2) is 8.33. The van der Waals surface area contributed by atoms with Crippen molar-refractivity contribution in [1.29, 1.82) is 0 Å². The predicted octanol–water partition coefficient (Wildman–Crippen LogP) is 3.71. The number of nitrogens with one attached hydrogen (secondary N) is 1. The van der Waals surface area contributed by atoms with Crippen LogP contribution in [0.3, 0.4) is 0 Å². The van der Waals surface area contributed by atoms with Gasteiger partial charge in [0.1, 0.15) is 5.76 Å². The molecule has 3 heterocycles. The molecule has 0 bridgehead atoms. The second-order valence-corrected chi connectivity index (χ2v) is 7.02. The summed E-state index contributed by atoms with van der Waals surface area (Å²) in [6, 6.07) is 15.0. The molecule has 0 aliphatic rings. The first-order valence-electron chi connectivity index (χ1n) is 9.30. The Hall–Kier alpha value is -4.11. The topological polar surface area (TPSA) is 124 Å². The number of nitrogens with zero attached hydrogens (tertiary/aromatic N) is 2. The quantitative estimate of drug-likeness (QED) is 0.247. The third-order valence-corrected chi connectivity index (χ3v) is 4.80. The van der Waals surface area contributed by atoms with E-state index in [-0.39, 0.29) is 28.8 Å². The minimum Gasteiger partial charge on any atom is -0.464 e. The van der Waals surface area contributed by atoms with Crippen LogP contribution in [0.2, 0.25) is 0 Å². The molecule has 156 valence electrons. The molecule has 9 heteroatoms. The van der Waals surface area contributed by atoms with Crippen LogP contribution in [-0.4, -0.2) is 27.6 Å². The molecule has 0 unspecified atom stereocenters. The highest BCUT2D eigenvalue weighted by Crippen LogP contribution is 2.38. The normalized spacial score (nSPS) is 10.7. The van der Waals surface area contributed by atoms with E-state index in [1.807, 2.05) is 36.4 Å². The van der Waals surface area contributed by atoms with Crippen molar-refractivity contribution in [2.75, 3.05) is 12.3 Å². The minimum absolute atomic E-state index is 0.0244. The van der Waals surface area contributed by atoms with E-state index in [9.17, 15) is 4.79 Å². The zero-order valence-electron chi connectivity index (χ0n) is 16.4. The van der Waals surface area contributed by atoms with Crippen molar-refractivity contribution in [2.45, 2.75) is 0 Å². The zero-order valence-corrected chi connectivity index (χ0v) is 17.2. The Morgan fingerprint density at radius 1 is 1.26 bits per heavy atom. The van der Waals surface area contributed by atoms with E-state index in [0.717, 1.165) is 5.56 Å². The van der Waals surface area contributed by atoms with Gasteiger partial charge in [0.2, 0.25) is 11.5 Å². The minimum atomic E-state index is -0.614. The van der Waals surface area contributed by atoms with Gasteiger partial charge in [-0.25, -0.2) is 4.98 Å². The molecule has 31 heavy (non-hydrogen) atoms. The van der Waals surface area contributed by atoms with Crippen molar-refractivity contribution in [3.63, 3.8) is 0 Å². The van der Waals surface area contributed by atoms with Crippen molar-refractivity contribution in [3.05, 3.63) is 73.2 Å². The highest BCUT2D eigenvalue weighted by atomic mass is 32.1. The monoisotopic (exact) mass is 433 g/mol. The fraction of sp³-hybridized carbons (Fsp3) is 0.0455. The summed E-state index contributed by atoms with van der Waals surface area (Å²) in [6.07, 6.45) is 3.10. The van der Waals surface area contributed by atoms with Crippen molar-refractivity contribution < 1.29 is 13.6 Å². The Kier molecular flexibility index (Phi) is 5.42. The summed E-state index contributed by atoms with van der Waals surface area (Å²) >= 11 is 4.95. The molecule has 1 amide bonds. The van der Waals surface area contributed by atoms with E-state index in [1.165, 1.54) is 5.01 Å². The summed E-state index contributed by atoms with van der Waals surface area (Å²) in [5.74, 6) is -0.150. The van der Waals surface area contributed by atoms with Gasteiger partial charge in [-0.15, -0.1) is 6.58 Å². The molecule has 0 radical (unpaired) electrons. The summed E-state index contributed by atoms with van der Waals surface area (Å²) in [4.78, 5) is 17.4. The Bertz CT molecular complexity index is 1270. The molecule has 0 atom stereocenters. The molecule has 0 saturated carbocycles. The highest BCUT2D eigenvalue weighted by Gasteiger charge is 2.25. The SMILES string of the molecule is C=CCN(NC(=O)c1oc2nc(-c3ccccc3)cc(-c3ccco3)c2c1N)C(N)=S. The number of nitrogens with two attached hydrogens (primary N) is 2. The van der Waals surface area contributed by atoms with E-state index < -0.39 is 5.91 Å². The molecule has 0 fully saturated rings. The number of furan rings is 2. The smallest absolute Gasteiger partial charge is 0.307 e. The van der Waals surface area contributed by atoms with Gasteiger partial charge < -0.3 is 20.3 Å². The third-order valence-electron chi connectivity index (χ3n) is 4.58. The molecule has 0 aliphatic carbocycles. The van der Waals surface area contributed by atoms with Gasteiger partial charge in [0.25, 0.3) is 0 Å². The third kappa shape index (κ3) is 3.86. The number of thiocarbonyl (C=S) groups is 1. The Morgan fingerprint density at radius 3 is 2.68 bits per heavy atom. The summed E-state index contributed by atoms with van der Waals surface area (Å²) in [5.41, 5.74) is 17.1.